The van der Waals surface area contributed by atoms with Crippen LogP contribution in [-0.4, -0.2) is 11.8 Å². The van der Waals surface area contributed by atoms with Crippen LogP contribution in [0.4, 0.5) is 0 Å². The highest BCUT2D eigenvalue weighted by molar-refractivity contribution is 9.10. The van der Waals surface area contributed by atoms with E-state index < -0.39 is 0 Å². The highest BCUT2D eigenvalue weighted by Crippen LogP contribution is 2.43. The monoisotopic (exact) mass is 351 g/mol. The van der Waals surface area contributed by atoms with Gasteiger partial charge < -0.3 is 9.73 Å². The average Bonchev–Trinajstić information content (AvgIpc) is 3.06. The summed E-state index contributed by atoms with van der Waals surface area (Å²) in [5.74, 6) is 1.02. The number of rotatable bonds is 5. The molecule has 0 spiro atoms. The van der Waals surface area contributed by atoms with Crippen LogP contribution in [0.2, 0.25) is 0 Å². The molecule has 2 heterocycles. The van der Waals surface area contributed by atoms with Crippen molar-refractivity contribution in [1.82, 2.24) is 5.32 Å². The molecule has 2 unspecified atom stereocenters. The first-order valence-corrected chi connectivity index (χ1v) is 8.67. The molecule has 0 saturated heterocycles. The van der Waals surface area contributed by atoms with E-state index in [1.807, 2.05) is 17.8 Å². The molecule has 1 aliphatic rings. The van der Waals surface area contributed by atoms with Crippen molar-refractivity contribution in [1.29, 1.82) is 0 Å². The van der Waals surface area contributed by atoms with Crippen LogP contribution in [-0.2, 0) is 6.42 Å². The molecule has 0 saturated carbocycles. The third-order valence-electron chi connectivity index (χ3n) is 3.59. The molecule has 2 atom stereocenters. The van der Waals surface area contributed by atoms with Crippen LogP contribution >= 0.6 is 27.7 Å². The smallest absolute Gasteiger partial charge is 0.135 e. The molecule has 0 radical (unpaired) electrons. The van der Waals surface area contributed by atoms with Gasteiger partial charge in [0.25, 0.3) is 0 Å². The lowest BCUT2D eigenvalue weighted by atomic mass is 10.0. The lowest BCUT2D eigenvalue weighted by Crippen LogP contribution is -2.30. The number of nitrogens with one attached hydrogen (secondary N) is 1. The van der Waals surface area contributed by atoms with Crippen molar-refractivity contribution < 1.29 is 4.42 Å². The summed E-state index contributed by atoms with van der Waals surface area (Å²) < 4.78 is 6.77. The molecule has 1 aromatic carbocycles. The third kappa shape index (κ3) is 2.83. The Hall–Kier alpha value is -0.710. The van der Waals surface area contributed by atoms with Crippen molar-refractivity contribution in [2.45, 2.75) is 36.0 Å². The van der Waals surface area contributed by atoms with Crippen molar-refractivity contribution in [2.24, 2.45) is 0 Å². The van der Waals surface area contributed by atoms with E-state index in [4.69, 9.17) is 4.42 Å². The SMILES string of the molecule is CCCNC(c1occc1Br)C1Cc2ccccc2S1. The molecule has 4 heteroatoms. The maximum Gasteiger partial charge on any atom is 0.135 e. The molecular weight excluding hydrogens is 334 g/mol. The summed E-state index contributed by atoms with van der Waals surface area (Å²) >= 11 is 5.56. The normalized spacial score (nSPS) is 19.0. The number of thioether (sulfide) groups is 1. The van der Waals surface area contributed by atoms with Crippen molar-refractivity contribution in [3.05, 3.63) is 52.4 Å². The van der Waals surface area contributed by atoms with Crippen molar-refractivity contribution >= 4 is 27.7 Å². The minimum absolute atomic E-state index is 0.247. The summed E-state index contributed by atoms with van der Waals surface area (Å²) in [5, 5.41) is 4.13. The van der Waals surface area contributed by atoms with Crippen LogP contribution in [0.25, 0.3) is 0 Å². The zero-order valence-electron chi connectivity index (χ0n) is 11.4. The predicted molar refractivity (Wildman–Crippen MR) is 87.2 cm³/mol. The highest BCUT2D eigenvalue weighted by atomic mass is 79.9. The number of hydrogen-bond acceptors (Lipinski definition) is 3. The fourth-order valence-electron chi connectivity index (χ4n) is 2.61. The van der Waals surface area contributed by atoms with Crippen LogP contribution in [0.15, 0.2) is 50.4 Å². The van der Waals surface area contributed by atoms with Gasteiger partial charge in [0, 0.05) is 10.1 Å². The van der Waals surface area contributed by atoms with Crippen LogP contribution in [0.1, 0.15) is 30.7 Å². The Bertz CT molecular complexity index is 558. The molecule has 3 rings (SSSR count). The first-order chi connectivity index (χ1) is 9.79. The van der Waals surface area contributed by atoms with E-state index >= 15 is 0 Å². The average molecular weight is 352 g/mol. The largest absolute Gasteiger partial charge is 0.466 e. The minimum Gasteiger partial charge on any atom is -0.466 e. The van der Waals surface area contributed by atoms with E-state index in [-0.39, 0.29) is 6.04 Å². The molecule has 0 bridgehead atoms. The second kappa shape index (κ2) is 6.37. The minimum atomic E-state index is 0.247. The molecule has 0 aliphatic carbocycles. The molecule has 0 fully saturated rings. The topological polar surface area (TPSA) is 25.2 Å². The van der Waals surface area contributed by atoms with Crippen LogP contribution < -0.4 is 5.32 Å². The molecule has 2 nitrogen and oxygen atoms in total. The Balaban J connectivity index is 1.83. The van der Waals surface area contributed by atoms with Gasteiger partial charge in [-0.25, -0.2) is 0 Å². The van der Waals surface area contributed by atoms with Crippen molar-refractivity contribution in [3.8, 4) is 0 Å². The van der Waals surface area contributed by atoms with E-state index in [1.165, 1.54) is 10.5 Å². The third-order valence-corrected chi connectivity index (χ3v) is 5.63. The molecule has 1 aromatic heterocycles. The van der Waals surface area contributed by atoms with Gasteiger partial charge in [-0.2, -0.15) is 0 Å². The summed E-state index contributed by atoms with van der Waals surface area (Å²) in [5.41, 5.74) is 1.45. The maximum atomic E-state index is 5.71. The number of benzene rings is 1. The maximum absolute atomic E-state index is 5.71. The van der Waals surface area contributed by atoms with Gasteiger partial charge in [-0.3, -0.25) is 0 Å². The molecule has 20 heavy (non-hydrogen) atoms. The number of fused-ring (bicyclic) bond motifs is 1. The Morgan fingerprint density at radius 3 is 2.95 bits per heavy atom. The van der Waals surface area contributed by atoms with Gasteiger partial charge in [0.15, 0.2) is 0 Å². The summed E-state index contributed by atoms with van der Waals surface area (Å²) in [7, 11) is 0. The highest BCUT2D eigenvalue weighted by Gasteiger charge is 2.32. The van der Waals surface area contributed by atoms with Gasteiger partial charge in [-0.1, -0.05) is 25.1 Å². The summed E-state index contributed by atoms with van der Waals surface area (Å²) in [4.78, 5) is 1.41. The van der Waals surface area contributed by atoms with Crippen LogP contribution in [0, 0.1) is 0 Å². The van der Waals surface area contributed by atoms with Gasteiger partial charge in [0.05, 0.1) is 16.8 Å². The standard InChI is InChI=1S/C16H18BrNOS/c1-2-8-18-15(16-12(17)7-9-19-16)14-10-11-5-3-4-6-13(11)20-14/h3-7,9,14-15,18H,2,8,10H2,1H3. The van der Waals surface area contributed by atoms with E-state index in [0.717, 1.165) is 29.6 Å². The van der Waals surface area contributed by atoms with Crippen LogP contribution in [0.5, 0.6) is 0 Å². The van der Waals surface area contributed by atoms with Crippen molar-refractivity contribution in [3.63, 3.8) is 0 Å². The van der Waals surface area contributed by atoms with Crippen molar-refractivity contribution in [2.75, 3.05) is 6.54 Å². The van der Waals surface area contributed by atoms with Crippen LogP contribution in [0.3, 0.4) is 0 Å². The van der Waals surface area contributed by atoms with E-state index in [9.17, 15) is 0 Å². The first-order valence-electron chi connectivity index (χ1n) is 7.00. The van der Waals surface area contributed by atoms with Gasteiger partial charge >= 0.3 is 0 Å². The van der Waals surface area contributed by atoms with Gasteiger partial charge in [0.1, 0.15) is 5.76 Å². The van der Waals surface area contributed by atoms with Gasteiger partial charge in [-0.05, 0) is 53.0 Å². The molecule has 1 N–H and O–H groups in total. The van der Waals surface area contributed by atoms with Gasteiger partial charge in [-0.15, -0.1) is 11.8 Å². The Morgan fingerprint density at radius 2 is 2.25 bits per heavy atom. The van der Waals surface area contributed by atoms with E-state index in [2.05, 4.69) is 52.4 Å². The Morgan fingerprint density at radius 1 is 1.40 bits per heavy atom. The molecule has 1 aliphatic heterocycles. The Labute approximate surface area is 132 Å². The molecular formula is C16H18BrNOS. The predicted octanol–water partition coefficient (Wildman–Crippen LogP) is 4.80. The second-order valence-corrected chi connectivity index (χ2v) is 7.17. The zero-order chi connectivity index (χ0) is 13.9. The van der Waals surface area contributed by atoms with Gasteiger partial charge in [0.2, 0.25) is 0 Å². The number of hydrogen-bond donors (Lipinski definition) is 1. The fraction of sp³-hybridized carbons (Fsp3) is 0.375. The second-order valence-electron chi connectivity index (χ2n) is 5.03. The van der Waals surface area contributed by atoms with E-state index in [1.54, 1.807) is 6.26 Å². The summed E-state index contributed by atoms with van der Waals surface area (Å²) in [6, 6.07) is 10.9. The van der Waals surface area contributed by atoms with E-state index in [0.29, 0.717) is 5.25 Å². The zero-order valence-corrected chi connectivity index (χ0v) is 13.8. The quantitative estimate of drug-likeness (QED) is 0.837. The molecule has 2 aromatic rings. The molecule has 106 valence electrons. The lowest BCUT2D eigenvalue weighted by Gasteiger charge is -2.22. The lowest BCUT2D eigenvalue weighted by molar-refractivity contribution is 0.402. The fourth-order valence-corrected chi connectivity index (χ4v) is 4.47. The number of halogens is 1. The number of furan rings is 1. The Kier molecular flexibility index (Phi) is 4.54. The first kappa shape index (κ1) is 14.2. The summed E-state index contributed by atoms with van der Waals surface area (Å²) in [6.07, 6.45) is 3.97. The summed E-state index contributed by atoms with van der Waals surface area (Å²) in [6.45, 7) is 3.20. The molecule has 0 amide bonds.